The molecular formula is C21H25N3O4S. The molecule has 0 aliphatic heterocycles. The van der Waals surface area contributed by atoms with E-state index in [0.717, 1.165) is 28.3 Å². The summed E-state index contributed by atoms with van der Waals surface area (Å²) in [6.45, 7) is 7.83. The predicted molar refractivity (Wildman–Crippen MR) is 114 cm³/mol. The van der Waals surface area contributed by atoms with Crippen LogP contribution in [-0.4, -0.2) is 42.3 Å². The van der Waals surface area contributed by atoms with Crippen molar-refractivity contribution in [1.82, 2.24) is 9.97 Å². The Hall–Kier alpha value is -2.87. The Balaban J connectivity index is 1.74. The first-order valence-electron chi connectivity index (χ1n) is 9.69. The molecule has 1 aromatic carbocycles. The number of hydrogen-bond acceptors (Lipinski definition) is 8. The van der Waals surface area contributed by atoms with Crippen LogP contribution in [-0.2, 0) is 11.2 Å². The number of ether oxygens (including phenoxy) is 3. The first-order chi connectivity index (χ1) is 14.2. The number of carbonyl (C=O) groups excluding carboxylic acids is 1. The van der Waals surface area contributed by atoms with Gasteiger partial charge in [0.05, 0.1) is 30.8 Å². The molecule has 1 N–H and O–H groups in total. The average molecular weight is 416 g/mol. The molecule has 0 saturated carbocycles. The van der Waals surface area contributed by atoms with Gasteiger partial charge in [-0.25, -0.2) is 14.8 Å². The van der Waals surface area contributed by atoms with Gasteiger partial charge < -0.3 is 19.5 Å². The average Bonchev–Trinajstić information content (AvgIpc) is 3.16. The number of anilines is 1. The third kappa shape index (κ3) is 4.95. The molecule has 0 atom stereocenters. The van der Waals surface area contributed by atoms with E-state index in [1.165, 1.54) is 17.7 Å². The Kier molecular flexibility index (Phi) is 7.24. The molecule has 0 bridgehead atoms. The van der Waals surface area contributed by atoms with Gasteiger partial charge in [0.2, 0.25) is 0 Å². The van der Waals surface area contributed by atoms with E-state index in [2.05, 4.69) is 15.3 Å². The highest BCUT2D eigenvalue weighted by Gasteiger charge is 2.18. The smallest absolute Gasteiger partial charge is 0.339 e. The highest BCUT2D eigenvalue weighted by atomic mass is 32.1. The minimum Gasteiger partial charge on any atom is -0.490 e. The molecule has 0 radical (unpaired) electrons. The molecule has 0 aliphatic carbocycles. The summed E-state index contributed by atoms with van der Waals surface area (Å²) in [4.78, 5) is 21.6. The molecule has 0 saturated heterocycles. The lowest BCUT2D eigenvalue weighted by molar-refractivity contribution is 0.0529. The van der Waals surface area contributed by atoms with Crippen molar-refractivity contribution in [3.8, 4) is 11.5 Å². The SMILES string of the molecule is CCOC(=O)c1csc2ncnc(NCCc3ccc(OCC)c(OCC)c3)c12. The van der Waals surface area contributed by atoms with E-state index in [0.29, 0.717) is 43.1 Å². The molecule has 3 rings (SSSR count). The van der Waals surface area contributed by atoms with Crippen molar-refractivity contribution in [2.75, 3.05) is 31.7 Å². The zero-order chi connectivity index (χ0) is 20.6. The van der Waals surface area contributed by atoms with Crippen LogP contribution in [0, 0.1) is 0 Å². The third-order valence-electron chi connectivity index (χ3n) is 4.18. The maximum Gasteiger partial charge on any atom is 0.339 e. The van der Waals surface area contributed by atoms with Crippen LogP contribution in [0.15, 0.2) is 29.9 Å². The molecule has 2 heterocycles. The number of carbonyl (C=O) groups is 1. The number of nitrogens with one attached hydrogen (secondary N) is 1. The zero-order valence-electron chi connectivity index (χ0n) is 16.9. The Morgan fingerprint density at radius 3 is 2.62 bits per heavy atom. The van der Waals surface area contributed by atoms with Crippen LogP contribution in [0.1, 0.15) is 36.7 Å². The van der Waals surface area contributed by atoms with E-state index in [9.17, 15) is 4.79 Å². The maximum atomic E-state index is 12.2. The second-order valence-corrected chi connectivity index (χ2v) is 6.95. The van der Waals surface area contributed by atoms with Crippen LogP contribution < -0.4 is 14.8 Å². The van der Waals surface area contributed by atoms with Crippen LogP contribution in [0.4, 0.5) is 5.82 Å². The van der Waals surface area contributed by atoms with Gasteiger partial charge in [0.1, 0.15) is 17.0 Å². The van der Waals surface area contributed by atoms with Crippen molar-refractivity contribution >= 4 is 33.3 Å². The van der Waals surface area contributed by atoms with Crippen LogP contribution in [0.2, 0.25) is 0 Å². The largest absolute Gasteiger partial charge is 0.490 e. The molecule has 0 unspecified atom stereocenters. The fourth-order valence-corrected chi connectivity index (χ4v) is 3.82. The summed E-state index contributed by atoms with van der Waals surface area (Å²) in [5, 5.41) is 5.80. The monoisotopic (exact) mass is 415 g/mol. The molecule has 0 amide bonds. The van der Waals surface area contributed by atoms with E-state index in [-0.39, 0.29) is 5.97 Å². The van der Waals surface area contributed by atoms with E-state index >= 15 is 0 Å². The summed E-state index contributed by atoms with van der Waals surface area (Å²) in [5.74, 6) is 1.78. The van der Waals surface area contributed by atoms with Crippen LogP contribution in [0.25, 0.3) is 10.2 Å². The molecule has 8 heteroatoms. The van der Waals surface area contributed by atoms with Gasteiger partial charge in [0.15, 0.2) is 11.5 Å². The molecule has 2 aromatic heterocycles. The van der Waals surface area contributed by atoms with Crippen molar-refractivity contribution in [3.05, 3.63) is 41.0 Å². The predicted octanol–water partition coefficient (Wildman–Crippen LogP) is 4.32. The van der Waals surface area contributed by atoms with Gasteiger partial charge >= 0.3 is 5.97 Å². The molecular weight excluding hydrogens is 390 g/mol. The van der Waals surface area contributed by atoms with Crippen LogP contribution in [0.5, 0.6) is 11.5 Å². The number of aromatic nitrogens is 2. The van der Waals surface area contributed by atoms with Gasteiger partial charge in [-0.15, -0.1) is 11.3 Å². The number of benzene rings is 1. The van der Waals surface area contributed by atoms with Crippen LogP contribution >= 0.6 is 11.3 Å². The van der Waals surface area contributed by atoms with Gasteiger partial charge in [-0.2, -0.15) is 0 Å². The summed E-state index contributed by atoms with van der Waals surface area (Å²) in [5.41, 5.74) is 1.61. The zero-order valence-corrected chi connectivity index (χ0v) is 17.7. The van der Waals surface area contributed by atoms with Crippen molar-refractivity contribution in [1.29, 1.82) is 0 Å². The molecule has 7 nitrogen and oxygen atoms in total. The number of fused-ring (bicyclic) bond motifs is 1. The van der Waals surface area contributed by atoms with E-state index in [1.54, 1.807) is 12.3 Å². The van der Waals surface area contributed by atoms with Crippen molar-refractivity contribution < 1.29 is 19.0 Å². The molecule has 29 heavy (non-hydrogen) atoms. The lowest BCUT2D eigenvalue weighted by Gasteiger charge is -2.13. The second-order valence-electron chi connectivity index (χ2n) is 6.10. The van der Waals surface area contributed by atoms with Crippen molar-refractivity contribution in [2.24, 2.45) is 0 Å². The van der Waals surface area contributed by atoms with E-state index in [1.807, 2.05) is 32.0 Å². The fourth-order valence-electron chi connectivity index (χ4n) is 2.94. The number of nitrogens with zero attached hydrogens (tertiary/aromatic N) is 2. The number of rotatable bonds is 10. The van der Waals surface area contributed by atoms with E-state index in [4.69, 9.17) is 14.2 Å². The van der Waals surface area contributed by atoms with Gasteiger partial charge in [-0.3, -0.25) is 0 Å². The number of thiophene rings is 1. The second kappa shape index (κ2) is 10.1. The first-order valence-corrected chi connectivity index (χ1v) is 10.6. The summed E-state index contributed by atoms with van der Waals surface area (Å²) >= 11 is 1.40. The lowest BCUT2D eigenvalue weighted by Crippen LogP contribution is -2.09. The van der Waals surface area contributed by atoms with Crippen molar-refractivity contribution in [3.63, 3.8) is 0 Å². The third-order valence-corrected chi connectivity index (χ3v) is 5.07. The summed E-state index contributed by atoms with van der Waals surface area (Å²) in [7, 11) is 0. The normalized spacial score (nSPS) is 10.7. The molecule has 154 valence electrons. The Morgan fingerprint density at radius 2 is 1.86 bits per heavy atom. The van der Waals surface area contributed by atoms with Gasteiger partial charge in [-0.1, -0.05) is 6.07 Å². The Bertz CT molecular complexity index is 974. The molecule has 0 fully saturated rings. The summed E-state index contributed by atoms with van der Waals surface area (Å²) < 4.78 is 16.5. The molecule has 0 aliphatic rings. The van der Waals surface area contributed by atoms with Gasteiger partial charge in [-0.05, 0) is 44.9 Å². The minimum atomic E-state index is -0.357. The van der Waals surface area contributed by atoms with Crippen molar-refractivity contribution in [2.45, 2.75) is 27.2 Å². The topological polar surface area (TPSA) is 82.6 Å². The summed E-state index contributed by atoms with van der Waals surface area (Å²) in [6, 6.07) is 5.96. The van der Waals surface area contributed by atoms with Gasteiger partial charge in [0, 0.05) is 11.9 Å². The Labute approximate surface area is 174 Å². The highest BCUT2D eigenvalue weighted by Crippen LogP contribution is 2.31. The van der Waals surface area contributed by atoms with Crippen LogP contribution in [0.3, 0.4) is 0 Å². The highest BCUT2D eigenvalue weighted by molar-refractivity contribution is 7.17. The maximum absolute atomic E-state index is 12.2. The Morgan fingerprint density at radius 1 is 1.07 bits per heavy atom. The fraction of sp³-hybridized carbons (Fsp3) is 0.381. The minimum absolute atomic E-state index is 0.326. The number of esters is 1. The van der Waals surface area contributed by atoms with E-state index < -0.39 is 0 Å². The molecule has 3 aromatic rings. The standard InChI is InChI=1S/C21H25N3O4S/c1-4-26-16-8-7-14(11-17(16)27-5-2)9-10-22-19-18-15(21(25)28-6-3)12-29-20(18)24-13-23-19/h7-8,11-13H,4-6,9-10H2,1-3H3,(H,22,23,24). The quantitative estimate of drug-likeness (QED) is 0.494. The first kappa shape index (κ1) is 20.9. The van der Waals surface area contributed by atoms with Gasteiger partial charge in [0.25, 0.3) is 0 Å². The summed E-state index contributed by atoms with van der Waals surface area (Å²) in [6.07, 6.45) is 2.26. The number of hydrogen-bond donors (Lipinski definition) is 1. The lowest BCUT2D eigenvalue weighted by atomic mass is 10.1. The molecule has 0 spiro atoms.